The number of nitrogens with one attached hydrogen (secondary N) is 2. The Labute approximate surface area is 137 Å². The summed E-state index contributed by atoms with van der Waals surface area (Å²) in [5.41, 5.74) is 2.11. The predicted octanol–water partition coefficient (Wildman–Crippen LogP) is 2.69. The van der Waals surface area contributed by atoms with E-state index >= 15 is 0 Å². The molecular weight excluding hydrogens is 288 g/mol. The topological polar surface area (TPSA) is 61.0 Å². The van der Waals surface area contributed by atoms with Crippen LogP contribution >= 0.6 is 0 Å². The first kappa shape index (κ1) is 16.0. The number of unbranched alkanes of at least 4 members (excludes halogenated alkanes) is 1. The summed E-state index contributed by atoms with van der Waals surface area (Å²) in [6.07, 6.45) is 4.07. The fraction of sp³-hybridized carbons (Fsp3) is 0.556. The Morgan fingerprint density at radius 1 is 1.35 bits per heavy atom. The summed E-state index contributed by atoms with van der Waals surface area (Å²) < 4.78 is 0. The van der Waals surface area contributed by atoms with Gasteiger partial charge in [0, 0.05) is 12.5 Å². The number of hydrogen-bond acceptors (Lipinski definition) is 3. The molecule has 0 aliphatic carbocycles. The summed E-state index contributed by atoms with van der Waals surface area (Å²) in [4.78, 5) is 22.5. The maximum absolute atomic E-state index is 12.1. The number of carbonyl (C=O) groups is 1. The average molecular weight is 314 g/mol. The van der Waals surface area contributed by atoms with Gasteiger partial charge in [0.1, 0.15) is 5.82 Å². The number of fused-ring (bicyclic) bond motifs is 1. The molecule has 23 heavy (non-hydrogen) atoms. The second-order valence-corrected chi connectivity index (χ2v) is 6.40. The van der Waals surface area contributed by atoms with E-state index in [1.165, 1.54) is 0 Å². The van der Waals surface area contributed by atoms with Gasteiger partial charge in [-0.25, -0.2) is 4.98 Å². The molecule has 5 nitrogen and oxygen atoms in total. The molecule has 0 unspecified atom stereocenters. The van der Waals surface area contributed by atoms with Gasteiger partial charge in [0.05, 0.1) is 17.6 Å². The van der Waals surface area contributed by atoms with Crippen LogP contribution in [0.3, 0.4) is 0 Å². The molecule has 2 heterocycles. The van der Waals surface area contributed by atoms with Crippen molar-refractivity contribution < 1.29 is 4.79 Å². The summed E-state index contributed by atoms with van der Waals surface area (Å²) >= 11 is 0. The average Bonchev–Trinajstić information content (AvgIpc) is 2.98. The molecule has 0 spiro atoms. The maximum Gasteiger partial charge on any atom is 0.223 e. The molecule has 0 saturated carbocycles. The number of H-pyrrole nitrogens is 1. The van der Waals surface area contributed by atoms with E-state index in [4.69, 9.17) is 0 Å². The van der Waals surface area contributed by atoms with E-state index in [0.717, 1.165) is 68.7 Å². The van der Waals surface area contributed by atoms with Crippen LogP contribution in [-0.2, 0) is 11.3 Å². The molecule has 0 radical (unpaired) electrons. The highest BCUT2D eigenvalue weighted by atomic mass is 16.1. The lowest BCUT2D eigenvalue weighted by atomic mass is 9.96. The number of aromatic nitrogens is 2. The SMILES string of the molecule is CCCCNC(=O)C1CCN(Cc2nc3ccccc3[nH]2)CC1. The van der Waals surface area contributed by atoms with Crippen molar-refractivity contribution in [2.24, 2.45) is 5.92 Å². The van der Waals surface area contributed by atoms with Gasteiger partial charge in [0.2, 0.25) is 5.91 Å². The summed E-state index contributed by atoms with van der Waals surface area (Å²) in [6.45, 7) is 5.71. The van der Waals surface area contributed by atoms with Crippen LogP contribution in [0.1, 0.15) is 38.4 Å². The molecule has 2 aromatic rings. The quantitative estimate of drug-likeness (QED) is 0.806. The van der Waals surface area contributed by atoms with Crippen LogP contribution < -0.4 is 5.32 Å². The molecule has 124 valence electrons. The van der Waals surface area contributed by atoms with Crippen molar-refractivity contribution in [1.82, 2.24) is 20.2 Å². The first-order valence-corrected chi connectivity index (χ1v) is 8.70. The molecule has 2 N–H and O–H groups in total. The first-order valence-electron chi connectivity index (χ1n) is 8.70. The smallest absolute Gasteiger partial charge is 0.223 e. The highest BCUT2D eigenvalue weighted by molar-refractivity contribution is 5.78. The zero-order valence-corrected chi connectivity index (χ0v) is 13.8. The minimum absolute atomic E-state index is 0.179. The van der Waals surface area contributed by atoms with Crippen LogP contribution in [-0.4, -0.2) is 40.4 Å². The molecule has 1 fully saturated rings. The molecule has 1 aromatic heterocycles. The maximum atomic E-state index is 12.1. The third-order valence-electron chi connectivity index (χ3n) is 4.60. The Morgan fingerprint density at radius 2 is 2.13 bits per heavy atom. The molecule has 3 rings (SSSR count). The third-order valence-corrected chi connectivity index (χ3v) is 4.60. The molecule has 1 amide bonds. The number of benzene rings is 1. The van der Waals surface area contributed by atoms with Crippen molar-refractivity contribution in [1.29, 1.82) is 0 Å². The Kier molecular flexibility index (Phi) is 5.28. The molecule has 1 saturated heterocycles. The lowest BCUT2D eigenvalue weighted by Crippen LogP contribution is -2.40. The Hall–Kier alpha value is -1.88. The largest absolute Gasteiger partial charge is 0.356 e. The van der Waals surface area contributed by atoms with E-state index in [9.17, 15) is 4.79 Å². The third kappa shape index (κ3) is 4.10. The van der Waals surface area contributed by atoms with Crippen molar-refractivity contribution >= 4 is 16.9 Å². The first-order chi connectivity index (χ1) is 11.3. The van der Waals surface area contributed by atoms with Gasteiger partial charge in [-0.1, -0.05) is 25.5 Å². The molecule has 1 aliphatic rings. The summed E-state index contributed by atoms with van der Waals surface area (Å²) in [5.74, 6) is 1.43. The molecule has 0 atom stereocenters. The molecular formula is C18H26N4O. The Balaban J connectivity index is 1.48. The van der Waals surface area contributed by atoms with Gasteiger partial charge in [-0.05, 0) is 44.5 Å². The van der Waals surface area contributed by atoms with Gasteiger partial charge in [-0.2, -0.15) is 0 Å². The number of imidazole rings is 1. The summed E-state index contributed by atoms with van der Waals surface area (Å²) in [6, 6.07) is 8.11. The molecule has 1 aliphatic heterocycles. The number of amides is 1. The number of rotatable bonds is 6. The van der Waals surface area contributed by atoms with Crippen molar-refractivity contribution in [2.45, 2.75) is 39.2 Å². The summed E-state index contributed by atoms with van der Waals surface area (Å²) in [5, 5.41) is 3.06. The van der Waals surface area contributed by atoms with Crippen LogP contribution in [0, 0.1) is 5.92 Å². The standard InChI is InChI=1S/C18H26N4O/c1-2-3-10-19-18(23)14-8-11-22(12-9-14)13-17-20-15-6-4-5-7-16(15)21-17/h4-7,14H,2-3,8-13H2,1H3,(H,19,23)(H,20,21). The normalized spacial score (nSPS) is 16.7. The van der Waals surface area contributed by atoms with E-state index in [1.54, 1.807) is 0 Å². The van der Waals surface area contributed by atoms with Crippen LogP contribution in [0.15, 0.2) is 24.3 Å². The molecule has 5 heteroatoms. The zero-order valence-electron chi connectivity index (χ0n) is 13.8. The lowest BCUT2D eigenvalue weighted by Gasteiger charge is -2.30. The zero-order chi connectivity index (χ0) is 16.1. The highest BCUT2D eigenvalue weighted by Crippen LogP contribution is 2.19. The van der Waals surface area contributed by atoms with Crippen LogP contribution in [0.4, 0.5) is 0 Å². The van der Waals surface area contributed by atoms with Crippen molar-refractivity contribution in [2.75, 3.05) is 19.6 Å². The van der Waals surface area contributed by atoms with E-state index in [1.807, 2.05) is 18.2 Å². The minimum atomic E-state index is 0.179. The van der Waals surface area contributed by atoms with Gasteiger partial charge in [-0.3, -0.25) is 9.69 Å². The van der Waals surface area contributed by atoms with E-state index in [2.05, 4.69) is 33.2 Å². The van der Waals surface area contributed by atoms with E-state index in [0.29, 0.717) is 0 Å². The lowest BCUT2D eigenvalue weighted by molar-refractivity contribution is -0.126. The summed E-state index contributed by atoms with van der Waals surface area (Å²) in [7, 11) is 0. The van der Waals surface area contributed by atoms with Crippen molar-refractivity contribution in [3.05, 3.63) is 30.1 Å². The van der Waals surface area contributed by atoms with Gasteiger partial charge < -0.3 is 10.3 Å². The highest BCUT2D eigenvalue weighted by Gasteiger charge is 2.25. The second kappa shape index (κ2) is 7.59. The van der Waals surface area contributed by atoms with Gasteiger partial charge in [0.25, 0.3) is 0 Å². The number of carbonyl (C=O) groups excluding carboxylic acids is 1. The van der Waals surface area contributed by atoms with Gasteiger partial charge in [-0.15, -0.1) is 0 Å². The van der Waals surface area contributed by atoms with Gasteiger partial charge >= 0.3 is 0 Å². The molecule has 1 aromatic carbocycles. The van der Waals surface area contributed by atoms with E-state index < -0.39 is 0 Å². The number of aromatic amines is 1. The van der Waals surface area contributed by atoms with E-state index in [-0.39, 0.29) is 11.8 Å². The van der Waals surface area contributed by atoms with Crippen LogP contribution in [0.5, 0.6) is 0 Å². The van der Waals surface area contributed by atoms with Crippen molar-refractivity contribution in [3.8, 4) is 0 Å². The predicted molar refractivity (Wildman–Crippen MR) is 92.0 cm³/mol. The Morgan fingerprint density at radius 3 is 2.87 bits per heavy atom. The number of nitrogens with zero attached hydrogens (tertiary/aromatic N) is 2. The van der Waals surface area contributed by atoms with Crippen LogP contribution in [0.25, 0.3) is 11.0 Å². The Bertz CT molecular complexity index is 610. The van der Waals surface area contributed by atoms with Crippen molar-refractivity contribution in [3.63, 3.8) is 0 Å². The monoisotopic (exact) mass is 314 g/mol. The van der Waals surface area contributed by atoms with Crippen LogP contribution in [0.2, 0.25) is 0 Å². The van der Waals surface area contributed by atoms with Gasteiger partial charge in [0.15, 0.2) is 0 Å². The fourth-order valence-corrected chi connectivity index (χ4v) is 3.18. The number of likely N-dealkylation sites (tertiary alicyclic amines) is 1. The molecule has 0 bridgehead atoms. The number of para-hydroxylation sites is 2. The second-order valence-electron chi connectivity index (χ2n) is 6.40. The fourth-order valence-electron chi connectivity index (χ4n) is 3.18. The minimum Gasteiger partial charge on any atom is -0.356 e. The number of piperidine rings is 1. The number of hydrogen-bond donors (Lipinski definition) is 2.